The van der Waals surface area contributed by atoms with Crippen LogP contribution in [0.4, 0.5) is 0 Å². The Hall–Kier alpha value is -2.46. The molecule has 0 aliphatic rings. The molecule has 0 saturated heterocycles. The van der Waals surface area contributed by atoms with E-state index in [1.165, 1.54) is 6.08 Å². The van der Waals surface area contributed by atoms with E-state index in [1.54, 1.807) is 18.5 Å². The van der Waals surface area contributed by atoms with E-state index in [0.29, 0.717) is 0 Å². The zero-order chi connectivity index (χ0) is 15.1. The summed E-state index contributed by atoms with van der Waals surface area (Å²) in [6.07, 6.45) is 6.60. The van der Waals surface area contributed by atoms with Gasteiger partial charge in [-0.15, -0.1) is 0 Å². The number of hydrogen-bond donors (Lipinski definition) is 2. The molecule has 0 saturated carbocycles. The van der Waals surface area contributed by atoms with Crippen molar-refractivity contribution in [2.24, 2.45) is 0 Å². The van der Waals surface area contributed by atoms with Crippen molar-refractivity contribution >= 4 is 12.0 Å². The van der Waals surface area contributed by atoms with Crippen molar-refractivity contribution in [1.82, 2.24) is 10.3 Å². The van der Waals surface area contributed by atoms with Gasteiger partial charge in [0, 0.05) is 18.5 Å². The number of carbonyl (C=O) groups excluding carboxylic acids is 1. The molecule has 0 aliphatic carbocycles. The molecule has 1 aromatic carbocycles. The third kappa shape index (κ3) is 4.54. The van der Waals surface area contributed by atoms with Gasteiger partial charge in [0.2, 0.25) is 5.91 Å². The molecule has 0 fully saturated rings. The van der Waals surface area contributed by atoms with E-state index in [0.717, 1.165) is 16.7 Å². The number of aliphatic hydroxyl groups is 1. The molecule has 1 amide bonds. The van der Waals surface area contributed by atoms with Crippen LogP contribution in [0.5, 0.6) is 0 Å². The lowest BCUT2D eigenvalue weighted by molar-refractivity contribution is -0.117. The van der Waals surface area contributed by atoms with E-state index in [1.807, 2.05) is 43.3 Å². The number of aliphatic hydroxyl groups excluding tert-OH is 1. The monoisotopic (exact) mass is 282 g/mol. The molecule has 4 heteroatoms. The first-order valence-corrected chi connectivity index (χ1v) is 6.75. The lowest BCUT2D eigenvalue weighted by atomic mass is 10.1. The molecule has 21 heavy (non-hydrogen) atoms. The average Bonchev–Trinajstić information content (AvgIpc) is 2.51. The fourth-order valence-electron chi connectivity index (χ4n) is 1.98. The number of aromatic nitrogens is 1. The Morgan fingerprint density at radius 1 is 1.33 bits per heavy atom. The summed E-state index contributed by atoms with van der Waals surface area (Å²) in [7, 11) is 0. The third-order valence-corrected chi connectivity index (χ3v) is 3.02. The molecule has 2 aromatic rings. The maximum absolute atomic E-state index is 11.9. The minimum absolute atomic E-state index is 0.143. The van der Waals surface area contributed by atoms with Crippen LogP contribution >= 0.6 is 0 Å². The van der Waals surface area contributed by atoms with Gasteiger partial charge in [0.15, 0.2) is 0 Å². The summed E-state index contributed by atoms with van der Waals surface area (Å²) in [5, 5.41) is 12.2. The quantitative estimate of drug-likeness (QED) is 0.827. The zero-order valence-corrected chi connectivity index (χ0v) is 11.9. The van der Waals surface area contributed by atoms with Gasteiger partial charge >= 0.3 is 0 Å². The molecular weight excluding hydrogens is 264 g/mol. The fraction of sp³-hybridized carbons (Fsp3) is 0.176. The highest BCUT2D eigenvalue weighted by molar-refractivity contribution is 5.91. The topological polar surface area (TPSA) is 62.2 Å². The van der Waals surface area contributed by atoms with Crippen LogP contribution in [-0.4, -0.2) is 22.6 Å². The van der Waals surface area contributed by atoms with Crippen LogP contribution in [0.3, 0.4) is 0 Å². The van der Waals surface area contributed by atoms with Gasteiger partial charge < -0.3 is 10.4 Å². The van der Waals surface area contributed by atoms with Gasteiger partial charge in [-0.1, -0.05) is 30.3 Å². The van der Waals surface area contributed by atoms with E-state index >= 15 is 0 Å². The average molecular weight is 282 g/mol. The molecule has 0 aliphatic heterocycles. The number of hydrogen-bond acceptors (Lipinski definition) is 3. The van der Waals surface area contributed by atoms with Crippen molar-refractivity contribution in [3.8, 4) is 0 Å². The second kappa shape index (κ2) is 7.36. The van der Waals surface area contributed by atoms with E-state index in [4.69, 9.17) is 0 Å². The predicted octanol–water partition coefficient (Wildman–Crippen LogP) is 2.25. The van der Waals surface area contributed by atoms with Crippen LogP contribution in [0, 0.1) is 6.92 Å². The minimum Gasteiger partial charge on any atom is -0.394 e. The number of rotatable bonds is 5. The van der Waals surface area contributed by atoms with Gasteiger partial charge in [0.1, 0.15) is 0 Å². The van der Waals surface area contributed by atoms with Gasteiger partial charge in [0.25, 0.3) is 0 Å². The number of amides is 1. The summed E-state index contributed by atoms with van der Waals surface area (Å²) in [5.74, 6) is -0.251. The van der Waals surface area contributed by atoms with Crippen LogP contribution in [0.25, 0.3) is 6.08 Å². The highest BCUT2D eigenvalue weighted by Gasteiger charge is 2.11. The van der Waals surface area contributed by atoms with Gasteiger partial charge in [-0.05, 0) is 35.8 Å². The summed E-state index contributed by atoms with van der Waals surface area (Å²) < 4.78 is 0. The molecule has 2 N–H and O–H groups in total. The lowest BCUT2D eigenvalue weighted by Gasteiger charge is -2.15. The molecule has 108 valence electrons. The smallest absolute Gasteiger partial charge is 0.244 e. The summed E-state index contributed by atoms with van der Waals surface area (Å²) >= 11 is 0. The first kappa shape index (κ1) is 14.9. The molecule has 0 spiro atoms. The maximum Gasteiger partial charge on any atom is 0.244 e. The van der Waals surface area contributed by atoms with Crippen LogP contribution in [-0.2, 0) is 4.79 Å². The van der Waals surface area contributed by atoms with Crippen molar-refractivity contribution in [2.45, 2.75) is 13.0 Å². The van der Waals surface area contributed by atoms with Crippen LogP contribution in [0.15, 0.2) is 54.9 Å². The van der Waals surface area contributed by atoms with E-state index < -0.39 is 6.04 Å². The Morgan fingerprint density at radius 3 is 2.76 bits per heavy atom. The summed E-state index contributed by atoms with van der Waals surface area (Å²) in [6, 6.07) is 10.9. The maximum atomic E-state index is 11.9. The highest BCUT2D eigenvalue weighted by Crippen LogP contribution is 2.11. The van der Waals surface area contributed by atoms with Crippen LogP contribution in [0.1, 0.15) is 22.7 Å². The molecule has 4 nitrogen and oxygen atoms in total. The van der Waals surface area contributed by atoms with Crippen molar-refractivity contribution in [3.63, 3.8) is 0 Å². The van der Waals surface area contributed by atoms with Gasteiger partial charge in [-0.2, -0.15) is 0 Å². The van der Waals surface area contributed by atoms with Gasteiger partial charge in [-0.3, -0.25) is 9.78 Å². The fourth-order valence-corrected chi connectivity index (χ4v) is 1.98. The third-order valence-electron chi connectivity index (χ3n) is 3.02. The Bertz CT molecular complexity index is 624. The Balaban J connectivity index is 2.00. The van der Waals surface area contributed by atoms with Gasteiger partial charge in [-0.25, -0.2) is 0 Å². The summed E-state index contributed by atoms with van der Waals surface area (Å²) in [4.78, 5) is 16.0. The second-order valence-corrected chi connectivity index (χ2v) is 4.78. The van der Waals surface area contributed by atoms with Crippen molar-refractivity contribution in [3.05, 3.63) is 71.6 Å². The normalized spacial score (nSPS) is 12.3. The number of nitrogens with zero attached hydrogens (tertiary/aromatic N) is 1. The minimum atomic E-state index is -0.404. The summed E-state index contributed by atoms with van der Waals surface area (Å²) in [5.41, 5.74) is 2.78. The van der Waals surface area contributed by atoms with Crippen molar-refractivity contribution in [2.75, 3.05) is 6.61 Å². The SMILES string of the molecule is Cc1cncc(/C=C/C(=O)NC(CO)c2ccccc2)c1. The van der Waals surface area contributed by atoms with Crippen molar-refractivity contribution in [1.29, 1.82) is 0 Å². The number of aryl methyl sites for hydroxylation is 1. The molecule has 1 unspecified atom stereocenters. The Kier molecular flexibility index (Phi) is 5.23. The van der Waals surface area contributed by atoms with E-state index in [2.05, 4.69) is 10.3 Å². The first-order valence-electron chi connectivity index (χ1n) is 6.75. The zero-order valence-electron chi connectivity index (χ0n) is 11.9. The highest BCUT2D eigenvalue weighted by atomic mass is 16.3. The van der Waals surface area contributed by atoms with Crippen molar-refractivity contribution < 1.29 is 9.90 Å². The van der Waals surface area contributed by atoms with Gasteiger partial charge in [0.05, 0.1) is 12.6 Å². The molecule has 1 atom stereocenters. The van der Waals surface area contributed by atoms with Crippen LogP contribution in [0.2, 0.25) is 0 Å². The summed E-state index contributed by atoms with van der Waals surface area (Å²) in [6.45, 7) is 1.80. The Morgan fingerprint density at radius 2 is 2.10 bits per heavy atom. The molecule has 0 bridgehead atoms. The van der Waals surface area contributed by atoms with E-state index in [9.17, 15) is 9.90 Å². The molecule has 2 rings (SSSR count). The first-order chi connectivity index (χ1) is 10.2. The molecule has 1 aromatic heterocycles. The number of nitrogens with one attached hydrogen (secondary N) is 1. The predicted molar refractivity (Wildman–Crippen MR) is 82.4 cm³/mol. The molecule has 0 radical (unpaired) electrons. The number of pyridine rings is 1. The number of carbonyl (C=O) groups is 1. The van der Waals surface area contributed by atoms with Crippen LogP contribution < -0.4 is 5.32 Å². The Labute approximate surface area is 124 Å². The number of benzene rings is 1. The lowest BCUT2D eigenvalue weighted by Crippen LogP contribution is -2.29. The molecule has 1 heterocycles. The standard InChI is InChI=1S/C17H18N2O2/c1-13-9-14(11-18-10-13)7-8-17(21)19-16(12-20)15-5-3-2-4-6-15/h2-11,16,20H,12H2,1H3,(H,19,21)/b8-7+. The molecular formula is C17H18N2O2. The second-order valence-electron chi connectivity index (χ2n) is 4.78. The van der Waals surface area contributed by atoms with E-state index in [-0.39, 0.29) is 12.5 Å². The largest absolute Gasteiger partial charge is 0.394 e.